The van der Waals surface area contributed by atoms with Gasteiger partial charge in [0, 0.05) is 79.0 Å². The van der Waals surface area contributed by atoms with E-state index in [1.54, 1.807) is 24.5 Å². The van der Waals surface area contributed by atoms with Gasteiger partial charge >= 0.3 is 6.17 Å². The van der Waals surface area contributed by atoms with Crippen LogP contribution < -0.4 is 13.7 Å². The Labute approximate surface area is 295 Å². The molecule has 0 unspecified atom stereocenters. The maximum Gasteiger partial charge on any atom is 0.413 e. The predicted molar refractivity (Wildman–Crippen MR) is 186 cm³/mol. The average Bonchev–Trinajstić information content (AvgIpc) is 3.49. The molecule has 8 aromatic rings. The van der Waals surface area contributed by atoms with E-state index in [0.29, 0.717) is 0 Å². The summed E-state index contributed by atoms with van der Waals surface area (Å²) >= 11 is 0. The van der Waals surface area contributed by atoms with Gasteiger partial charge in [0.2, 0.25) is 11.4 Å². The van der Waals surface area contributed by atoms with Crippen LogP contribution in [0.25, 0.3) is 79.2 Å². The number of hydrogen-bond acceptors (Lipinski definition) is 5. The molecule has 9 heteroatoms. The third-order valence-electron chi connectivity index (χ3n) is 9.06. The van der Waals surface area contributed by atoms with E-state index in [-0.39, 0.29) is 25.6 Å². The third-order valence-corrected chi connectivity index (χ3v) is 9.06. The molecule has 2 aliphatic heterocycles. The van der Waals surface area contributed by atoms with Crippen LogP contribution in [-0.4, -0.2) is 24.9 Å². The molecule has 0 N–H and O–H groups in total. The summed E-state index contributed by atoms with van der Waals surface area (Å²) in [5.74, 6) is 0. The van der Waals surface area contributed by atoms with E-state index in [9.17, 15) is 0 Å². The van der Waals surface area contributed by atoms with Gasteiger partial charge in [-0.05, 0) is 66.7 Å². The minimum Gasteiger partial charge on any atom is -0.254 e. The van der Waals surface area contributed by atoms with Crippen molar-refractivity contribution in [2.24, 2.45) is 0 Å². The van der Waals surface area contributed by atoms with Crippen LogP contribution in [-0.2, 0) is 26.0 Å². The maximum atomic E-state index is 4.99. The zero-order chi connectivity index (χ0) is 32.2. The molecule has 1 atom stereocenters. The Morgan fingerprint density at radius 1 is 0.551 bits per heavy atom. The van der Waals surface area contributed by atoms with Gasteiger partial charge < -0.3 is 0 Å². The van der Waals surface area contributed by atoms with Crippen molar-refractivity contribution in [1.82, 2.24) is 24.9 Å². The molecule has 10 rings (SSSR count). The van der Waals surface area contributed by atoms with Gasteiger partial charge in [0.15, 0.2) is 12.4 Å². The van der Waals surface area contributed by atoms with Gasteiger partial charge in [0.25, 0.3) is 17.9 Å². The zero-order valence-electron chi connectivity index (χ0n) is 26.3. The monoisotopic (exact) mass is 723 g/mol. The molecule has 0 spiro atoms. The van der Waals surface area contributed by atoms with Crippen LogP contribution in [0.2, 0.25) is 0 Å². The first kappa shape index (κ1) is 30.4. The van der Waals surface area contributed by atoms with Gasteiger partial charge in [-0.15, -0.1) is 9.13 Å². The maximum absolute atomic E-state index is 4.99. The molecule has 7 aromatic heterocycles. The molecule has 8 nitrogen and oxygen atoms in total. The molecule has 2 bridgehead atoms. The van der Waals surface area contributed by atoms with Crippen LogP contribution in [0.1, 0.15) is 17.6 Å². The predicted octanol–water partition coefficient (Wildman–Crippen LogP) is 6.33. The van der Waals surface area contributed by atoms with E-state index in [1.165, 1.54) is 11.4 Å². The van der Waals surface area contributed by atoms with E-state index < -0.39 is 0 Å². The van der Waals surface area contributed by atoms with Gasteiger partial charge in [-0.2, -0.15) is 4.57 Å². The van der Waals surface area contributed by atoms with Crippen molar-refractivity contribution in [2.45, 2.75) is 12.7 Å². The van der Waals surface area contributed by atoms with Crippen molar-refractivity contribution in [3.63, 3.8) is 0 Å². The molecule has 9 heterocycles. The molecule has 2 aliphatic rings. The number of pyridine rings is 6. The van der Waals surface area contributed by atoms with Gasteiger partial charge in [0.1, 0.15) is 11.4 Å². The SMILES string of the molecule is C=Cc1nc2c3cccnc3c3ncccc3c2nc1C=C.[Ru].c1cc2nc(c1)-c1cccc3[n+]1[C@H](C[n+]1ccccc1-2)[n+]1ccccc1-3. The van der Waals surface area contributed by atoms with Gasteiger partial charge in [0.05, 0.1) is 33.5 Å². The van der Waals surface area contributed by atoms with E-state index >= 15 is 0 Å². The van der Waals surface area contributed by atoms with Crippen LogP contribution in [0.15, 0.2) is 135 Å². The number of aromatic nitrogens is 8. The largest absolute Gasteiger partial charge is 0.413 e. The Morgan fingerprint density at radius 3 is 1.80 bits per heavy atom. The Morgan fingerprint density at radius 2 is 1.12 bits per heavy atom. The van der Waals surface area contributed by atoms with Gasteiger partial charge in [-0.1, -0.05) is 19.2 Å². The molecule has 1 aromatic carbocycles. The van der Waals surface area contributed by atoms with E-state index in [0.717, 1.165) is 73.5 Å². The second kappa shape index (κ2) is 12.3. The number of hydrogen-bond donors (Lipinski definition) is 0. The molecular weight excluding hydrogens is 694 g/mol. The van der Waals surface area contributed by atoms with Crippen LogP contribution in [0, 0.1) is 0 Å². The molecule has 0 radical (unpaired) electrons. The fourth-order valence-electron chi connectivity index (χ4n) is 6.96. The summed E-state index contributed by atoms with van der Waals surface area (Å²) in [5, 5.41) is 1.88. The van der Waals surface area contributed by atoms with Gasteiger partial charge in [-0.3, -0.25) is 9.97 Å². The smallest absolute Gasteiger partial charge is 0.254 e. The second-order valence-electron chi connectivity index (χ2n) is 11.7. The van der Waals surface area contributed by atoms with Crippen molar-refractivity contribution in [1.29, 1.82) is 0 Å². The average molecular weight is 723 g/mol. The first-order chi connectivity index (χ1) is 23.7. The molecule has 0 fully saturated rings. The summed E-state index contributed by atoms with van der Waals surface area (Å²) in [4.78, 5) is 23.4. The minimum atomic E-state index is 0. The number of fused-ring (bicyclic) bond motifs is 14. The van der Waals surface area contributed by atoms with Crippen molar-refractivity contribution in [2.75, 3.05) is 0 Å². The van der Waals surface area contributed by atoms with Crippen molar-refractivity contribution in [3.05, 3.63) is 146 Å². The third kappa shape index (κ3) is 4.85. The van der Waals surface area contributed by atoms with Crippen LogP contribution >= 0.6 is 0 Å². The zero-order valence-corrected chi connectivity index (χ0v) is 28.1. The summed E-state index contributed by atoms with van der Waals surface area (Å²) in [6.45, 7) is 8.47. The van der Waals surface area contributed by atoms with E-state index in [1.807, 2.05) is 24.3 Å². The quantitative estimate of drug-likeness (QED) is 0.119. The normalized spacial score (nSPS) is 13.4. The fourth-order valence-corrected chi connectivity index (χ4v) is 6.96. The Kier molecular flexibility index (Phi) is 7.62. The first-order valence-electron chi connectivity index (χ1n) is 15.8. The summed E-state index contributed by atoms with van der Waals surface area (Å²) in [6, 6.07) is 33.3. The standard InChI is InChI=1S/C22H17N4.C18H12N4.Ru/c1-3-13-24-15-22-25-14-4-2-10-20(25)21-12-6-11-19(26(21)22)17-8-5-7-16(23-17)18(24)9-1;1-3-13-14(4-2)22-18-12-8-6-10-20-16(12)15-11(17(18)21-13)7-5-9-19-15;/h1-14,22H,15H2;3-10H,1-2H2;/q+3;;/t22-;;/m1../s1. The van der Waals surface area contributed by atoms with Crippen LogP contribution in [0.5, 0.6) is 0 Å². The Bertz CT molecular complexity index is 2530. The molecule has 0 aliphatic carbocycles. The summed E-state index contributed by atoms with van der Waals surface area (Å²) in [6.07, 6.45) is 11.4. The molecule has 49 heavy (non-hydrogen) atoms. The molecule has 234 valence electrons. The fraction of sp³-hybridized carbons (Fsp3) is 0.0500. The van der Waals surface area contributed by atoms with Crippen LogP contribution in [0.3, 0.4) is 0 Å². The van der Waals surface area contributed by atoms with E-state index in [4.69, 9.17) is 15.0 Å². The second-order valence-corrected chi connectivity index (χ2v) is 11.7. The van der Waals surface area contributed by atoms with Crippen molar-refractivity contribution in [3.8, 4) is 34.2 Å². The summed E-state index contributed by atoms with van der Waals surface area (Å²) in [5.41, 5.74) is 11.5. The first-order valence-corrected chi connectivity index (χ1v) is 15.8. The topological polar surface area (TPSA) is 76.1 Å². The van der Waals surface area contributed by atoms with Crippen molar-refractivity contribution >= 4 is 45.0 Å². The summed E-state index contributed by atoms with van der Waals surface area (Å²) in [7, 11) is 0. The van der Waals surface area contributed by atoms with Crippen molar-refractivity contribution < 1.29 is 33.2 Å². The summed E-state index contributed by atoms with van der Waals surface area (Å²) < 4.78 is 7.11. The van der Waals surface area contributed by atoms with E-state index in [2.05, 4.69) is 122 Å². The Balaban J connectivity index is 0.000000141. The minimum absolute atomic E-state index is 0. The molecule has 0 saturated heterocycles. The molecule has 0 amide bonds. The molecule has 0 saturated carbocycles. The number of nitrogens with zero attached hydrogens (tertiary/aromatic N) is 8. The number of rotatable bonds is 2. The van der Waals surface area contributed by atoms with Gasteiger partial charge in [-0.25, -0.2) is 15.0 Å². The Hall–Kier alpha value is -5.92. The van der Waals surface area contributed by atoms with Crippen LogP contribution in [0.4, 0.5) is 0 Å². The number of benzene rings is 1. The molecular formula is C40H29N8Ru+3.